The first kappa shape index (κ1) is 28.2. The van der Waals surface area contributed by atoms with Crippen molar-refractivity contribution in [1.29, 1.82) is 0 Å². The minimum Gasteiger partial charge on any atom is -0.458 e. The van der Waals surface area contributed by atoms with Gasteiger partial charge >= 0.3 is 5.97 Å². The summed E-state index contributed by atoms with van der Waals surface area (Å²) in [7, 11) is -2.55. The van der Waals surface area contributed by atoms with Crippen molar-refractivity contribution in [3.63, 3.8) is 0 Å². The van der Waals surface area contributed by atoms with E-state index in [1.54, 1.807) is 5.38 Å². The average molecular weight is 564 g/mol. The number of fused-ring (bicyclic) bond motifs is 1. The molecule has 7 heteroatoms. The van der Waals surface area contributed by atoms with Gasteiger partial charge in [0.15, 0.2) is 5.69 Å². The van der Waals surface area contributed by atoms with E-state index < -0.39 is 8.32 Å². The molecule has 5 rings (SSSR count). The molecule has 0 spiro atoms. The van der Waals surface area contributed by atoms with Gasteiger partial charge in [0, 0.05) is 12.0 Å². The predicted octanol–water partition coefficient (Wildman–Crippen LogP) is 6.53. The van der Waals surface area contributed by atoms with Crippen LogP contribution in [0.15, 0.2) is 66.0 Å². The number of nitrogens with zero attached hydrogens (tertiary/aromatic N) is 1. The van der Waals surface area contributed by atoms with Crippen LogP contribution < -0.4 is 10.4 Å². The summed E-state index contributed by atoms with van der Waals surface area (Å²) in [6.07, 6.45) is 4.18. The average Bonchev–Trinajstić information content (AvgIpc) is 3.57. The third-order valence-corrected chi connectivity index (χ3v) is 14.2. The van der Waals surface area contributed by atoms with Crippen LogP contribution in [0.3, 0.4) is 0 Å². The number of benzene rings is 2. The highest BCUT2D eigenvalue weighted by atomic mass is 32.1. The first-order valence-corrected chi connectivity index (χ1v) is 17.0. The van der Waals surface area contributed by atoms with Crippen LogP contribution in [0.1, 0.15) is 81.9 Å². The van der Waals surface area contributed by atoms with Crippen LogP contribution in [0.2, 0.25) is 5.04 Å². The summed E-state index contributed by atoms with van der Waals surface area (Å²) >= 11 is 1.50. The molecule has 0 radical (unpaired) electrons. The molecular formula is C32H41NO4SSi. The highest BCUT2D eigenvalue weighted by molar-refractivity contribution is 7.09. The van der Waals surface area contributed by atoms with Crippen molar-refractivity contribution in [3.8, 4) is 0 Å². The highest BCUT2D eigenvalue weighted by Gasteiger charge is 2.51. The molecule has 2 aliphatic rings. The maximum Gasteiger partial charge on any atom is 0.358 e. The number of ether oxygens (including phenoxy) is 2. The lowest BCUT2D eigenvalue weighted by molar-refractivity contribution is -0.0814. The van der Waals surface area contributed by atoms with Gasteiger partial charge in [-0.25, -0.2) is 9.78 Å². The Morgan fingerprint density at radius 2 is 1.64 bits per heavy atom. The van der Waals surface area contributed by atoms with Gasteiger partial charge in [0.05, 0.1) is 12.2 Å². The number of carbonyl (C=O) groups is 1. The SMILES string of the molecule is CC(C)OC(=O)c1csc([C@H]2CC[C@@H]3[C@@H](CO[Si](c4ccccc4)(c4ccccc4)C(C)(C)C)CC[C@@H]3O2)n1. The van der Waals surface area contributed by atoms with E-state index >= 15 is 0 Å². The Balaban J connectivity index is 1.30. The molecule has 0 unspecified atom stereocenters. The maximum absolute atomic E-state index is 12.3. The molecule has 2 aromatic carbocycles. The molecule has 1 aromatic heterocycles. The normalized spacial score (nSPS) is 23.5. The van der Waals surface area contributed by atoms with Crippen LogP contribution in [0.4, 0.5) is 0 Å². The van der Waals surface area contributed by atoms with Gasteiger partial charge in [0.25, 0.3) is 8.32 Å². The van der Waals surface area contributed by atoms with E-state index in [1.807, 2.05) is 13.8 Å². The second kappa shape index (κ2) is 11.7. The van der Waals surface area contributed by atoms with Crippen molar-refractivity contribution < 1.29 is 18.7 Å². The minimum atomic E-state index is -2.55. The van der Waals surface area contributed by atoms with Gasteiger partial charge < -0.3 is 13.9 Å². The van der Waals surface area contributed by atoms with Crippen LogP contribution in [0.25, 0.3) is 0 Å². The molecule has 39 heavy (non-hydrogen) atoms. The van der Waals surface area contributed by atoms with Crippen LogP contribution >= 0.6 is 11.3 Å². The zero-order valence-corrected chi connectivity index (χ0v) is 25.6. The van der Waals surface area contributed by atoms with Gasteiger partial charge in [-0.15, -0.1) is 11.3 Å². The number of esters is 1. The Labute approximate surface area is 238 Å². The van der Waals surface area contributed by atoms with E-state index in [1.165, 1.54) is 21.7 Å². The molecule has 1 aliphatic heterocycles. The van der Waals surface area contributed by atoms with Gasteiger partial charge in [-0.05, 0) is 66.8 Å². The van der Waals surface area contributed by atoms with E-state index in [2.05, 4.69) is 86.4 Å². The van der Waals surface area contributed by atoms with Crippen LogP contribution in [-0.4, -0.2) is 38.1 Å². The van der Waals surface area contributed by atoms with Crippen LogP contribution in [0.5, 0.6) is 0 Å². The third kappa shape index (κ3) is 5.78. The molecule has 0 amide bonds. The lowest BCUT2D eigenvalue weighted by atomic mass is 9.87. The summed E-state index contributed by atoms with van der Waals surface area (Å²) in [5.74, 6) is 0.609. The van der Waals surface area contributed by atoms with Gasteiger partial charge in [-0.3, -0.25) is 0 Å². The molecule has 208 valence electrons. The summed E-state index contributed by atoms with van der Waals surface area (Å²) in [5, 5.41) is 5.31. The quantitative estimate of drug-likeness (QED) is 0.230. The number of hydrogen-bond donors (Lipinski definition) is 0. The Morgan fingerprint density at radius 3 is 2.23 bits per heavy atom. The molecule has 4 atom stereocenters. The van der Waals surface area contributed by atoms with E-state index in [0.717, 1.165) is 37.3 Å². The van der Waals surface area contributed by atoms with Crippen molar-refractivity contribution in [2.45, 2.75) is 83.7 Å². The van der Waals surface area contributed by atoms with E-state index in [0.29, 0.717) is 17.5 Å². The summed E-state index contributed by atoms with van der Waals surface area (Å²) in [5.41, 5.74) is 0.387. The van der Waals surface area contributed by atoms with Gasteiger partial charge in [-0.2, -0.15) is 0 Å². The van der Waals surface area contributed by atoms with Gasteiger partial charge in [0.1, 0.15) is 11.1 Å². The van der Waals surface area contributed by atoms with Crippen molar-refractivity contribution in [3.05, 3.63) is 76.7 Å². The van der Waals surface area contributed by atoms with Crippen LogP contribution in [-0.2, 0) is 13.9 Å². The Bertz CT molecular complexity index is 1200. The summed E-state index contributed by atoms with van der Waals surface area (Å²) in [6, 6.07) is 21.8. The maximum atomic E-state index is 12.3. The smallest absolute Gasteiger partial charge is 0.358 e. The summed E-state index contributed by atoms with van der Waals surface area (Å²) in [6.45, 7) is 11.5. The Hall–Kier alpha value is -2.32. The fraction of sp³-hybridized carbons (Fsp3) is 0.500. The summed E-state index contributed by atoms with van der Waals surface area (Å²) < 4.78 is 19.2. The zero-order valence-electron chi connectivity index (χ0n) is 23.8. The first-order valence-electron chi connectivity index (χ1n) is 14.3. The Kier molecular flexibility index (Phi) is 8.43. The second-order valence-corrected chi connectivity index (χ2v) is 17.4. The number of aromatic nitrogens is 1. The zero-order chi connectivity index (χ0) is 27.6. The van der Waals surface area contributed by atoms with E-state index in [-0.39, 0.29) is 29.3 Å². The number of thiazole rings is 1. The van der Waals surface area contributed by atoms with Crippen molar-refractivity contribution in [1.82, 2.24) is 4.98 Å². The third-order valence-electron chi connectivity index (χ3n) is 8.29. The molecule has 3 aromatic rings. The number of carbonyl (C=O) groups excluding carboxylic acids is 1. The van der Waals surface area contributed by atoms with Crippen LogP contribution in [0, 0.1) is 11.8 Å². The highest BCUT2D eigenvalue weighted by Crippen LogP contribution is 2.47. The first-order chi connectivity index (χ1) is 18.7. The predicted molar refractivity (Wildman–Crippen MR) is 159 cm³/mol. The van der Waals surface area contributed by atoms with Gasteiger partial charge in [0.2, 0.25) is 0 Å². The largest absolute Gasteiger partial charge is 0.458 e. The summed E-state index contributed by atoms with van der Waals surface area (Å²) in [4.78, 5) is 16.9. The monoisotopic (exact) mass is 563 g/mol. The van der Waals surface area contributed by atoms with E-state index in [4.69, 9.17) is 13.9 Å². The van der Waals surface area contributed by atoms with Gasteiger partial charge in [-0.1, -0.05) is 81.4 Å². The molecular weight excluding hydrogens is 523 g/mol. The van der Waals surface area contributed by atoms with Crippen molar-refractivity contribution >= 4 is 36.0 Å². The second-order valence-electron chi connectivity index (χ2n) is 12.2. The molecule has 1 saturated carbocycles. The van der Waals surface area contributed by atoms with E-state index in [9.17, 15) is 4.79 Å². The molecule has 0 bridgehead atoms. The molecule has 2 fully saturated rings. The fourth-order valence-electron chi connectivity index (χ4n) is 6.51. The fourth-order valence-corrected chi connectivity index (χ4v) is 12.0. The number of rotatable bonds is 8. The van der Waals surface area contributed by atoms with Crippen molar-refractivity contribution in [2.75, 3.05) is 6.61 Å². The molecule has 5 nitrogen and oxygen atoms in total. The molecule has 2 heterocycles. The topological polar surface area (TPSA) is 57.7 Å². The Morgan fingerprint density at radius 1 is 1.00 bits per heavy atom. The lowest BCUT2D eigenvalue weighted by Gasteiger charge is -2.44. The minimum absolute atomic E-state index is 0.0266. The number of hydrogen-bond acceptors (Lipinski definition) is 6. The van der Waals surface area contributed by atoms with Crippen molar-refractivity contribution in [2.24, 2.45) is 11.8 Å². The lowest BCUT2D eigenvalue weighted by Crippen LogP contribution is -2.67. The molecule has 1 aliphatic carbocycles. The standard InChI is InChI=1S/C32H41NO4SSi/c1-22(2)36-31(34)27-21-38-30(33-27)29-19-17-26-23(16-18-28(26)37-29)20-35-39(32(3,4)5,24-12-8-6-9-13-24)25-14-10-7-11-15-25/h6-15,21-23,26,28-29H,16-20H2,1-5H3/t23-,26-,28+,29-/m1/s1. The molecule has 0 N–H and O–H groups in total. The molecule has 1 saturated heterocycles.